The molecule has 1 N–H and O–H groups in total. The van der Waals surface area contributed by atoms with Crippen LogP contribution in [0.2, 0.25) is 0 Å². The molecule has 4 rings (SSSR count). The lowest BCUT2D eigenvalue weighted by Gasteiger charge is -2.08. The van der Waals surface area contributed by atoms with Crippen molar-refractivity contribution in [1.82, 2.24) is 15.0 Å². The van der Waals surface area contributed by atoms with Gasteiger partial charge in [0.15, 0.2) is 0 Å². The normalized spacial score (nSPS) is 13.6. The Labute approximate surface area is 134 Å². The first-order valence-corrected chi connectivity index (χ1v) is 7.64. The zero-order valence-electron chi connectivity index (χ0n) is 12.5. The van der Waals surface area contributed by atoms with E-state index in [0.717, 1.165) is 35.6 Å². The third-order valence-electron chi connectivity index (χ3n) is 3.56. The Morgan fingerprint density at radius 3 is 2.52 bits per heavy atom. The van der Waals surface area contributed by atoms with Gasteiger partial charge in [0.2, 0.25) is 5.88 Å². The molecule has 0 aliphatic heterocycles. The first-order valence-electron chi connectivity index (χ1n) is 7.64. The number of hydrogen-bond donors (Lipinski definition) is 1. The van der Waals surface area contributed by atoms with E-state index in [1.165, 1.54) is 0 Å². The predicted octanol–water partition coefficient (Wildman–Crippen LogP) is 3.82. The lowest BCUT2D eigenvalue weighted by atomic mass is 10.1. The molecule has 1 saturated carbocycles. The summed E-state index contributed by atoms with van der Waals surface area (Å²) >= 11 is 0. The zero-order chi connectivity index (χ0) is 15.5. The Bertz CT molecular complexity index is 786. The maximum absolute atomic E-state index is 5.67. The highest BCUT2D eigenvalue weighted by Gasteiger charge is 2.23. The summed E-state index contributed by atoms with van der Waals surface area (Å²) in [4.78, 5) is 12.9. The lowest BCUT2D eigenvalue weighted by molar-refractivity contribution is 0.291. The molecule has 0 saturated heterocycles. The van der Waals surface area contributed by atoms with E-state index in [9.17, 15) is 0 Å². The van der Waals surface area contributed by atoms with Crippen LogP contribution in [-0.4, -0.2) is 21.1 Å². The van der Waals surface area contributed by atoms with E-state index in [0.29, 0.717) is 12.0 Å². The summed E-state index contributed by atoms with van der Waals surface area (Å²) in [5, 5.41) is 3.19. The van der Waals surface area contributed by atoms with Crippen molar-refractivity contribution >= 4 is 11.6 Å². The summed E-state index contributed by atoms with van der Waals surface area (Å²) in [6.45, 7) is 0. The van der Waals surface area contributed by atoms with Gasteiger partial charge in [0.05, 0.1) is 0 Å². The average molecular weight is 304 g/mol. The van der Waals surface area contributed by atoms with Crippen molar-refractivity contribution < 1.29 is 4.74 Å². The largest absolute Gasteiger partial charge is 0.474 e. The first-order chi connectivity index (χ1) is 11.4. The summed E-state index contributed by atoms with van der Waals surface area (Å²) in [7, 11) is 0. The van der Waals surface area contributed by atoms with Crippen molar-refractivity contribution in [2.45, 2.75) is 18.9 Å². The van der Waals surface area contributed by atoms with Gasteiger partial charge >= 0.3 is 0 Å². The third kappa shape index (κ3) is 3.45. The topological polar surface area (TPSA) is 59.9 Å². The minimum absolute atomic E-state index is 0.364. The third-order valence-corrected chi connectivity index (χ3v) is 3.56. The molecule has 0 atom stereocenters. The van der Waals surface area contributed by atoms with Crippen molar-refractivity contribution in [2.75, 3.05) is 5.32 Å². The van der Waals surface area contributed by atoms with Crippen molar-refractivity contribution in [2.24, 2.45) is 0 Å². The number of anilines is 2. The molecule has 0 spiro atoms. The number of aromatic nitrogens is 3. The molecule has 23 heavy (non-hydrogen) atoms. The van der Waals surface area contributed by atoms with E-state index >= 15 is 0 Å². The van der Waals surface area contributed by atoms with Gasteiger partial charge in [-0.1, -0.05) is 6.07 Å². The predicted molar refractivity (Wildman–Crippen MR) is 88.6 cm³/mol. The van der Waals surface area contributed by atoms with Gasteiger partial charge in [-0.15, -0.1) is 0 Å². The van der Waals surface area contributed by atoms with Crippen molar-refractivity contribution in [1.29, 1.82) is 0 Å². The van der Waals surface area contributed by atoms with Gasteiger partial charge in [0.25, 0.3) is 0 Å². The second kappa shape index (κ2) is 6.04. The molecule has 0 amide bonds. The minimum atomic E-state index is 0.364. The fourth-order valence-electron chi connectivity index (χ4n) is 2.22. The second-order valence-electron chi connectivity index (χ2n) is 5.47. The quantitative estimate of drug-likeness (QED) is 0.776. The van der Waals surface area contributed by atoms with Crippen LogP contribution < -0.4 is 10.1 Å². The maximum atomic E-state index is 5.67. The molecule has 1 aliphatic carbocycles. The molecule has 3 aromatic heterocycles. The summed E-state index contributed by atoms with van der Waals surface area (Å²) in [6, 6.07) is 13.6. The number of hydrogen-bond acceptors (Lipinski definition) is 5. The molecule has 114 valence electrons. The Morgan fingerprint density at radius 1 is 0.870 bits per heavy atom. The van der Waals surface area contributed by atoms with Gasteiger partial charge < -0.3 is 10.1 Å². The molecular formula is C18H16N4O. The molecule has 1 aliphatic rings. The van der Waals surface area contributed by atoms with E-state index in [2.05, 4.69) is 20.3 Å². The molecule has 0 bridgehead atoms. The van der Waals surface area contributed by atoms with Crippen LogP contribution in [-0.2, 0) is 0 Å². The first kappa shape index (κ1) is 13.7. The average Bonchev–Trinajstić information content (AvgIpc) is 3.41. The highest BCUT2D eigenvalue weighted by Crippen LogP contribution is 2.27. The van der Waals surface area contributed by atoms with E-state index in [-0.39, 0.29) is 0 Å². The number of rotatable bonds is 5. The maximum Gasteiger partial charge on any atom is 0.213 e. The van der Waals surface area contributed by atoms with Gasteiger partial charge in [-0.05, 0) is 48.7 Å². The monoisotopic (exact) mass is 304 g/mol. The molecule has 5 heteroatoms. The second-order valence-corrected chi connectivity index (χ2v) is 5.47. The highest BCUT2D eigenvalue weighted by atomic mass is 16.5. The summed E-state index contributed by atoms with van der Waals surface area (Å²) in [5.41, 5.74) is 2.07. The van der Waals surface area contributed by atoms with Gasteiger partial charge in [0, 0.05) is 30.2 Å². The Hall–Kier alpha value is -2.95. The fraction of sp³-hybridized carbons (Fsp3) is 0.167. The Kier molecular flexibility index (Phi) is 3.60. The van der Waals surface area contributed by atoms with Gasteiger partial charge in [-0.3, -0.25) is 0 Å². The standard InChI is InChI=1S/C18H16N4O/c1-2-9-19-16(3-1)22-17-11-13(8-10-20-17)14-4-7-18(21-12-14)23-15-5-6-15/h1-4,7-12,15H,5-6H2,(H,19,20,22). The van der Waals surface area contributed by atoms with Crippen LogP contribution in [0.3, 0.4) is 0 Å². The van der Waals surface area contributed by atoms with Crippen LogP contribution in [0.1, 0.15) is 12.8 Å². The summed E-state index contributed by atoms with van der Waals surface area (Å²) < 4.78 is 5.67. The molecule has 0 aromatic carbocycles. The Morgan fingerprint density at radius 2 is 1.78 bits per heavy atom. The smallest absolute Gasteiger partial charge is 0.213 e. The van der Waals surface area contributed by atoms with Crippen LogP contribution in [0.4, 0.5) is 11.6 Å². The van der Waals surface area contributed by atoms with Crippen molar-refractivity contribution in [3.05, 3.63) is 61.1 Å². The highest BCUT2D eigenvalue weighted by molar-refractivity contribution is 5.67. The van der Waals surface area contributed by atoms with Crippen LogP contribution >= 0.6 is 0 Å². The van der Waals surface area contributed by atoms with E-state index < -0.39 is 0 Å². The number of nitrogens with one attached hydrogen (secondary N) is 1. The van der Waals surface area contributed by atoms with Gasteiger partial charge in [-0.2, -0.15) is 0 Å². The number of pyridine rings is 3. The summed E-state index contributed by atoms with van der Waals surface area (Å²) in [6.07, 6.45) is 7.98. The number of ether oxygens (including phenoxy) is 1. The fourth-order valence-corrected chi connectivity index (χ4v) is 2.22. The molecule has 3 heterocycles. The van der Waals surface area contributed by atoms with E-state index in [4.69, 9.17) is 4.74 Å². The van der Waals surface area contributed by atoms with Gasteiger partial charge in [0.1, 0.15) is 17.7 Å². The van der Waals surface area contributed by atoms with Crippen molar-refractivity contribution in [3.63, 3.8) is 0 Å². The molecular weight excluding hydrogens is 288 g/mol. The lowest BCUT2D eigenvalue weighted by Crippen LogP contribution is -1.98. The minimum Gasteiger partial charge on any atom is -0.474 e. The molecule has 0 radical (unpaired) electrons. The van der Waals surface area contributed by atoms with Crippen LogP contribution in [0.5, 0.6) is 5.88 Å². The SMILES string of the molecule is c1ccc(Nc2cc(-c3ccc(OC4CC4)nc3)ccn2)nc1. The molecule has 5 nitrogen and oxygen atoms in total. The molecule has 3 aromatic rings. The molecule has 1 fully saturated rings. The van der Waals surface area contributed by atoms with E-state index in [1.807, 2.05) is 48.7 Å². The van der Waals surface area contributed by atoms with Crippen molar-refractivity contribution in [3.8, 4) is 17.0 Å². The van der Waals surface area contributed by atoms with Gasteiger partial charge in [-0.25, -0.2) is 15.0 Å². The van der Waals surface area contributed by atoms with E-state index in [1.54, 1.807) is 12.4 Å². The number of nitrogens with zero attached hydrogens (tertiary/aromatic N) is 3. The molecule has 0 unspecified atom stereocenters. The van der Waals surface area contributed by atoms with Crippen LogP contribution in [0.15, 0.2) is 61.1 Å². The summed E-state index contributed by atoms with van der Waals surface area (Å²) in [5.74, 6) is 2.21. The van der Waals surface area contributed by atoms with Crippen LogP contribution in [0, 0.1) is 0 Å². The van der Waals surface area contributed by atoms with Crippen LogP contribution in [0.25, 0.3) is 11.1 Å². The Balaban J connectivity index is 1.53. The zero-order valence-corrected chi connectivity index (χ0v) is 12.5.